The van der Waals surface area contributed by atoms with Crippen LogP contribution in [0.3, 0.4) is 0 Å². The number of rotatable bonds is 6. The highest BCUT2D eigenvalue weighted by molar-refractivity contribution is 6.21. The molecule has 1 unspecified atom stereocenters. The van der Waals surface area contributed by atoms with Gasteiger partial charge in [0.15, 0.2) is 5.82 Å². The van der Waals surface area contributed by atoms with Gasteiger partial charge >= 0.3 is 6.03 Å². The van der Waals surface area contributed by atoms with Crippen LogP contribution >= 0.6 is 0 Å². The molecular weight excluding hydrogens is 541 g/mol. The molecule has 212 valence electrons. The molecule has 2 aliphatic rings. The van der Waals surface area contributed by atoms with Crippen molar-refractivity contribution >= 4 is 34.9 Å². The zero-order chi connectivity index (χ0) is 29.1. The van der Waals surface area contributed by atoms with Crippen LogP contribution in [0.4, 0.5) is 20.6 Å². The Labute approximate surface area is 239 Å². The molecule has 4 amide bonds. The predicted molar refractivity (Wildman–Crippen MR) is 152 cm³/mol. The number of hydrogen-bond acceptors (Lipinski definition) is 7. The van der Waals surface area contributed by atoms with E-state index in [2.05, 4.69) is 36.3 Å². The predicted octanol–water partition coefficient (Wildman–Crippen LogP) is 2.96. The summed E-state index contributed by atoms with van der Waals surface area (Å²) in [4.78, 5) is 48.0. The average Bonchev–Trinajstić information content (AvgIpc) is 3.72. The number of benzene rings is 3. The minimum absolute atomic E-state index is 0.158. The first kappa shape index (κ1) is 26.7. The third kappa shape index (κ3) is 5.44. The summed E-state index contributed by atoms with van der Waals surface area (Å²) in [7, 11) is 0. The second-order valence-corrected chi connectivity index (χ2v) is 9.82. The van der Waals surface area contributed by atoms with Crippen molar-refractivity contribution in [1.29, 1.82) is 0 Å². The highest BCUT2D eigenvalue weighted by Gasteiger charge is 2.35. The third-order valence-electron chi connectivity index (χ3n) is 7.10. The minimum atomic E-state index is -1.46. The molecule has 1 aromatic heterocycles. The number of hydrogen-bond donors (Lipinski definition) is 3. The second-order valence-electron chi connectivity index (χ2n) is 9.82. The van der Waals surface area contributed by atoms with Crippen molar-refractivity contribution in [3.8, 4) is 11.4 Å². The molecule has 3 N–H and O–H groups in total. The largest absolute Gasteiger partial charge is 0.341 e. The number of likely N-dealkylation sites (tertiary alicyclic amines) is 1. The van der Waals surface area contributed by atoms with Gasteiger partial charge in [-0.1, -0.05) is 42.5 Å². The monoisotopic (exact) mass is 567 g/mol. The van der Waals surface area contributed by atoms with Gasteiger partial charge in [-0.25, -0.2) is 19.3 Å². The van der Waals surface area contributed by atoms with Gasteiger partial charge < -0.3 is 15.5 Å². The maximum absolute atomic E-state index is 15.1. The number of H-pyrrole nitrogens is 1. The Hall–Kier alpha value is -5.46. The van der Waals surface area contributed by atoms with E-state index in [0.717, 1.165) is 12.8 Å². The van der Waals surface area contributed by atoms with Gasteiger partial charge in [0.05, 0.1) is 11.4 Å². The summed E-state index contributed by atoms with van der Waals surface area (Å²) in [6.07, 6.45) is 0.338. The Morgan fingerprint density at radius 1 is 0.976 bits per heavy atom. The molecule has 0 radical (unpaired) electrons. The Kier molecular flexibility index (Phi) is 7.37. The number of para-hydroxylation sites is 1. The Balaban J connectivity index is 1.34. The minimum Gasteiger partial charge on any atom is -0.341 e. The molecule has 0 spiro atoms. The first-order valence-electron chi connectivity index (χ1n) is 13.4. The molecule has 4 aromatic rings. The number of anilines is 2. The van der Waals surface area contributed by atoms with E-state index in [4.69, 9.17) is 0 Å². The van der Waals surface area contributed by atoms with E-state index in [0.29, 0.717) is 41.4 Å². The molecule has 1 saturated heterocycles. The van der Waals surface area contributed by atoms with Crippen LogP contribution in [-0.2, 0) is 9.59 Å². The Morgan fingerprint density at radius 3 is 2.50 bits per heavy atom. The van der Waals surface area contributed by atoms with Gasteiger partial charge in [0.1, 0.15) is 12.4 Å². The number of aromatic amines is 1. The number of carbonyl (C=O) groups is 3. The first-order chi connectivity index (χ1) is 20.5. The van der Waals surface area contributed by atoms with Crippen LogP contribution in [0, 0.1) is 5.82 Å². The molecule has 0 aliphatic carbocycles. The lowest BCUT2D eigenvalue weighted by atomic mass is 9.99. The normalized spacial score (nSPS) is 16.5. The fourth-order valence-corrected chi connectivity index (χ4v) is 5.07. The molecule has 3 heterocycles. The summed E-state index contributed by atoms with van der Waals surface area (Å²) in [6.45, 7) is 0.989. The number of carbonyl (C=O) groups excluding carboxylic acids is 3. The van der Waals surface area contributed by atoms with Gasteiger partial charge in [-0.05, 0) is 53.6 Å². The molecule has 6 rings (SSSR count). The SMILES string of the molecule is O=C(Nc1cccc(-c2nnn[nH]2)c1)NC1N=C(c2ccccc2F)c2ccccc2N(CC(=O)N2CCCC2)C1=O. The number of halogens is 1. The molecule has 42 heavy (non-hydrogen) atoms. The molecule has 1 fully saturated rings. The van der Waals surface area contributed by atoms with Gasteiger partial charge in [-0.15, -0.1) is 5.10 Å². The molecule has 12 nitrogen and oxygen atoms in total. The van der Waals surface area contributed by atoms with Crippen LogP contribution in [-0.4, -0.2) is 74.9 Å². The second kappa shape index (κ2) is 11.6. The average molecular weight is 568 g/mol. The number of aliphatic imine (C=N–C) groups is 1. The summed E-state index contributed by atoms with van der Waals surface area (Å²) in [6, 6.07) is 19.0. The number of fused-ring (bicyclic) bond motifs is 1. The highest BCUT2D eigenvalue weighted by atomic mass is 19.1. The number of nitrogens with zero attached hydrogens (tertiary/aromatic N) is 6. The van der Waals surface area contributed by atoms with Crippen molar-refractivity contribution in [3.63, 3.8) is 0 Å². The first-order valence-corrected chi connectivity index (χ1v) is 13.4. The standard InChI is InChI=1S/C29H26FN9O3/c30-22-12-3-1-10-20(22)25-21-11-2-4-13-23(21)39(17-24(40)38-14-5-6-15-38)28(41)27(32-25)33-29(42)31-19-9-7-8-18(16-19)26-34-36-37-35-26/h1-4,7-13,16,27H,5-6,14-15,17H2,(H2,31,33,42)(H,34,35,36,37). The van der Waals surface area contributed by atoms with Crippen LogP contribution in [0.25, 0.3) is 11.4 Å². The smallest absolute Gasteiger partial charge is 0.321 e. The molecular formula is C29H26FN9O3. The number of aromatic nitrogens is 4. The zero-order valence-electron chi connectivity index (χ0n) is 22.3. The van der Waals surface area contributed by atoms with Crippen molar-refractivity contribution in [2.24, 2.45) is 4.99 Å². The van der Waals surface area contributed by atoms with Crippen molar-refractivity contribution in [1.82, 2.24) is 30.8 Å². The summed E-state index contributed by atoms with van der Waals surface area (Å²) < 4.78 is 15.1. The van der Waals surface area contributed by atoms with Gasteiger partial charge in [-0.3, -0.25) is 14.5 Å². The van der Waals surface area contributed by atoms with E-state index < -0.39 is 23.9 Å². The lowest BCUT2D eigenvalue weighted by Crippen LogP contribution is -2.51. The number of tetrazole rings is 1. The van der Waals surface area contributed by atoms with E-state index in [1.807, 2.05) is 0 Å². The van der Waals surface area contributed by atoms with Crippen LogP contribution < -0.4 is 15.5 Å². The van der Waals surface area contributed by atoms with E-state index >= 15 is 4.39 Å². The summed E-state index contributed by atoms with van der Waals surface area (Å²) in [5, 5.41) is 19.0. The zero-order valence-corrected chi connectivity index (χ0v) is 22.3. The van der Waals surface area contributed by atoms with Gasteiger partial charge in [0.2, 0.25) is 12.1 Å². The Morgan fingerprint density at radius 2 is 1.74 bits per heavy atom. The fraction of sp³-hybridized carbons (Fsp3) is 0.207. The van der Waals surface area contributed by atoms with Crippen molar-refractivity contribution < 1.29 is 18.8 Å². The molecule has 13 heteroatoms. The van der Waals surface area contributed by atoms with Gasteiger partial charge in [0.25, 0.3) is 5.91 Å². The topological polar surface area (TPSA) is 149 Å². The number of benzodiazepines with no additional fused rings is 1. The van der Waals surface area contributed by atoms with Crippen molar-refractivity contribution in [3.05, 3.63) is 89.7 Å². The number of urea groups is 1. The van der Waals surface area contributed by atoms with Crippen molar-refractivity contribution in [2.75, 3.05) is 29.9 Å². The maximum Gasteiger partial charge on any atom is 0.321 e. The molecule has 1 atom stereocenters. The number of amides is 4. The van der Waals surface area contributed by atoms with Gasteiger partial charge in [-0.2, -0.15) is 0 Å². The number of nitrogens with one attached hydrogen (secondary N) is 3. The molecule has 3 aromatic carbocycles. The van der Waals surface area contributed by atoms with Crippen LogP contribution in [0.2, 0.25) is 0 Å². The van der Waals surface area contributed by atoms with E-state index in [-0.39, 0.29) is 23.7 Å². The Bertz CT molecular complexity index is 1670. The van der Waals surface area contributed by atoms with Crippen LogP contribution in [0.1, 0.15) is 24.0 Å². The molecule has 2 aliphatic heterocycles. The fourth-order valence-electron chi connectivity index (χ4n) is 5.07. The third-order valence-corrected chi connectivity index (χ3v) is 7.10. The van der Waals surface area contributed by atoms with E-state index in [9.17, 15) is 14.4 Å². The van der Waals surface area contributed by atoms with Gasteiger partial charge in [0, 0.05) is 35.5 Å². The van der Waals surface area contributed by atoms with E-state index in [1.54, 1.807) is 71.6 Å². The lowest BCUT2D eigenvalue weighted by Gasteiger charge is -2.27. The molecule has 0 bridgehead atoms. The van der Waals surface area contributed by atoms with Crippen molar-refractivity contribution in [2.45, 2.75) is 19.0 Å². The summed E-state index contributed by atoms with van der Waals surface area (Å²) in [5.74, 6) is -0.972. The summed E-state index contributed by atoms with van der Waals surface area (Å²) in [5.41, 5.74) is 2.23. The maximum atomic E-state index is 15.1. The lowest BCUT2D eigenvalue weighted by molar-refractivity contribution is -0.130. The quantitative estimate of drug-likeness (QED) is 0.326. The van der Waals surface area contributed by atoms with E-state index in [1.165, 1.54) is 11.0 Å². The highest BCUT2D eigenvalue weighted by Crippen LogP contribution is 2.29. The molecule has 0 saturated carbocycles. The van der Waals surface area contributed by atoms with Crippen LogP contribution in [0.15, 0.2) is 77.8 Å². The van der Waals surface area contributed by atoms with Crippen LogP contribution in [0.5, 0.6) is 0 Å². The summed E-state index contributed by atoms with van der Waals surface area (Å²) >= 11 is 0.